The molecule has 0 saturated heterocycles. The van der Waals surface area contributed by atoms with Crippen LogP contribution >= 0.6 is 0 Å². The summed E-state index contributed by atoms with van der Waals surface area (Å²) in [7, 11) is -6.33. The largest absolute Gasteiger partial charge is 0.426 e. The Balaban J connectivity index is 1.41. The molecule has 2 aromatic rings. The van der Waals surface area contributed by atoms with Crippen LogP contribution in [0.5, 0.6) is 11.5 Å². The fourth-order valence-corrected chi connectivity index (χ4v) is 8.90. The van der Waals surface area contributed by atoms with Crippen LogP contribution in [0, 0.1) is 11.8 Å². The monoisotopic (exact) mass is 655 g/mol. The van der Waals surface area contributed by atoms with Crippen LogP contribution < -0.4 is 9.47 Å². The summed E-state index contributed by atoms with van der Waals surface area (Å²) in [6.45, 7) is 3.94. The minimum atomic E-state index is -3.16. The van der Waals surface area contributed by atoms with Crippen molar-refractivity contribution in [2.45, 2.75) is 81.1 Å². The van der Waals surface area contributed by atoms with Crippen molar-refractivity contribution >= 4 is 49.1 Å². The lowest BCUT2D eigenvalue weighted by atomic mass is 9.80. The Hall–Kier alpha value is -3.31. The second-order valence-electron chi connectivity index (χ2n) is 13.1. The number of fused-ring (bicyclic) bond motifs is 1. The molecule has 3 aliphatic rings. The van der Waals surface area contributed by atoms with E-state index >= 15 is 0 Å². The number of nitrogens with zero attached hydrogens (tertiary/aromatic N) is 1. The topological polar surface area (TPSA) is 133 Å². The summed E-state index contributed by atoms with van der Waals surface area (Å²) < 4.78 is 59.9. The lowest BCUT2D eigenvalue weighted by Crippen LogP contribution is -2.32. The van der Waals surface area contributed by atoms with Gasteiger partial charge in [0, 0.05) is 23.5 Å². The van der Waals surface area contributed by atoms with E-state index in [0.717, 1.165) is 5.56 Å². The summed E-state index contributed by atoms with van der Waals surface area (Å²) in [5.74, 6) is -1.11. The molecule has 0 bridgehead atoms. The summed E-state index contributed by atoms with van der Waals surface area (Å²) in [5.41, 5.74) is 2.01. The second kappa shape index (κ2) is 12.8. The van der Waals surface area contributed by atoms with Gasteiger partial charge in [0.15, 0.2) is 5.75 Å². The van der Waals surface area contributed by atoms with Crippen molar-refractivity contribution in [3.05, 3.63) is 59.7 Å². The summed E-state index contributed by atoms with van der Waals surface area (Å²) in [6.07, 6.45) is 9.71. The van der Waals surface area contributed by atoms with Crippen LogP contribution in [-0.2, 0) is 34.7 Å². The molecule has 0 spiro atoms. The highest BCUT2D eigenvalue weighted by molar-refractivity contribution is 7.91. The molecule has 2 aliphatic carbocycles. The van der Waals surface area contributed by atoms with Crippen LogP contribution in [0.4, 0.5) is 5.69 Å². The van der Waals surface area contributed by atoms with Crippen molar-refractivity contribution in [3.8, 4) is 11.5 Å². The van der Waals surface area contributed by atoms with Gasteiger partial charge < -0.3 is 9.47 Å². The minimum absolute atomic E-state index is 0.255. The van der Waals surface area contributed by atoms with E-state index in [1.807, 2.05) is 56.3 Å². The van der Waals surface area contributed by atoms with Crippen molar-refractivity contribution in [1.29, 1.82) is 0 Å². The number of aliphatic imine (C=N–C) groups is 1. The SMILES string of the molecule is CC1(C)C(/C=C/c2ccccc2)=Nc2c(OC(=O)C3CCC(S(C)(=O)=O)CC3)ccc(OC(=O)C3CCC(S(C)(=O)=O)CC3)c21. The third kappa shape index (κ3) is 7.41. The highest BCUT2D eigenvalue weighted by Crippen LogP contribution is 2.51. The Morgan fingerprint density at radius 1 is 0.711 bits per heavy atom. The molecule has 9 nitrogen and oxygen atoms in total. The van der Waals surface area contributed by atoms with Gasteiger partial charge in [-0.3, -0.25) is 9.59 Å². The van der Waals surface area contributed by atoms with Gasteiger partial charge in [-0.2, -0.15) is 0 Å². The van der Waals surface area contributed by atoms with E-state index in [1.165, 1.54) is 12.5 Å². The third-order valence-corrected chi connectivity index (χ3v) is 12.8. The van der Waals surface area contributed by atoms with Crippen molar-refractivity contribution in [2.24, 2.45) is 16.8 Å². The Bertz CT molecular complexity index is 1730. The predicted octanol–water partition coefficient (Wildman–Crippen LogP) is 5.78. The first kappa shape index (κ1) is 33.1. The molecule has 242 valence electrons. The van der Waals surface area contributed by atoms with Gasteiger partial charge in [-0.1, -0.05) is 36.4 Å². The van der Waals surface area contributed by atoms with E-state index in [4.69, 9.17) is 14.5 Å². The van der Waals surface area contributed by atoms with Gasteiger partial charge in [-0.15, -0.1) is 0 Å². The molecule has 0 amide bonds. The second-order valence-corrected chi connectivity index (χ2v) is 17.8. The quantitative estimate of drug-likeness (QED) is 0.258. The van der Waals surface area contributed by atoms with Crippen LogP contribution in [-0.4, -0.2) is 57.5 Å². The van der Waals surface area contributed by atoms with Gasteiger partial charge in [0.1, 0.15) is 31.1 Å². The molecule has 11 heteroatoms. The number of benzene rings is 2. The molecule has 2 saturated carbocycles. The predicted molar refractivity (Wildman–Crippen MR) is 174 cm³/mol. The summed E-state index contributed by atoms with van der Waals surface area (Å²) in [5, 5.41) is -0.877. The van der Waals surface area contributed by atoms with E-state index < -0.39 is 59.4 Å². The van der Waals surface area contributed by atoms with E-state index in [9.17, 15) is 26.4 Å². The summed E-state index contributed by atoms with van der Waals surface area (Å²) in [4.78, 5) is 31.5. The van der Waals surface area contributed by atoms with Crippen LogP contribution in [0.15, 0.2) is 53.5 Å². The first-order valence-electron chi connectivity index (χ1n) is 15.5. The average molecular weight is 656 g/mol. The van der Waals surface area contributed by atoms with E-state index in [0.29, 0.717) is 74.1 Å². The number of carbonyl (C=O) groups excluding carboxylic acids is 2. The van der Waals surface area contributed by atoms with E-state index in [-0.39, 0.29) is 5.75 Å². The molecule has 1 aliphatic heterocycles. The van der Waals surface area contributed by atoms with Crippen LogP contribution in [0.25, 0.3) is 6.08 Å². The van der Waals surface area contributed by atoms with Crippen molar-refractivity contribution in [2.75, 3.05) is 12.5 Å². The number of hydrogen-bond donors (Lipinski definition) is 0. The molecule has 2 fully saturated rings. The molecule has 5 rings (SSSR count). The van der Waals surface area contributed by atoms with Gasteiger partial charge in [0.2, 0.25) is 0 Å². The zero-order valence-electron chi connectivity index (χ0n) is 26.2. The number of hydrogen-bond acceptors (Lipinski definition) is 9. The summed E-state index contributed by atoms with van der Waals surface area (Å²) >= 11 is 0. The Morgan fingerprint density at radius 3 is 1.67 bits per heavy atom. The molecule has 0 radical (unpaired) electrons. The maximum Gasteiger partial charge on any atom is 0.314 e. The van der Waals surface area contributed by atoms with Gasteiger partial charge in [0.05, 0.1) is 28.0 Å². The normalized spacial score (nSPS) is 24.9. The molecule has 0 unspecified atom stereocenters. The Labute approximate surface area is 266 Å². The molecule has 0 N–H and O–H groups in total. The average Bonchev–Trinajstić information content (AvgIpc) is 3.27. The van der Waals surface area contributed by atoms with Crippen LogP contribution in [0.3, 0.4) is 0 Å². The molecule has 2 aromatic carbocycles. The lowest BCUT2D eigenvalue weighted by molar-refractivity contribution is -0.141. The molecule has 0 aromatic heterocycles. The fraction of sp³-hybridized carbons (Fsp3) is 0.500. The highest BCUT2D eigenvalue weighted by atomic mass is 32.2. The number of sulfone groups is 2. The maximum atomic E-state index is 13.3. The molecular formula is C34H41NO8S2. The molecule has 0 atom stereocenters. The number of esters is 2. The van der Waals surface area contributed by atoms with Gasteiger partial charge in [-0.25, -0.2) is 21.8 Å². The number of rotatable bonds is 8. The number of ether oxygens (including phenoxy) is 2. The lowest BCUT2D eigenvalue weighted by Gasteiger charge is -2.28. The zero-order valence-corrected chi connectivity index (χ0v) is 27.8. The number of carbonyl (C=O) groups is 2. The molecule has 45 heavy (non-hydrogen) atoms. The van der Waals surface area contributed by atoms with E-state index in [2.05, 4.69) is 0 Å². The Kier molecular flexibility index (Phi) is 9.43. The van der Waals surface area contributed by atoms with Gasteiger partial charge in [-0.05, 0) is 89.0 Å². The fourth-order valence-electron chi connectivity index (χ4n) is 6.65. The molecular weight excluding hydrogens is 615 g/mol. The van der Waals surface area contributed by atoms with Crippen molar-refractivity contribution in [1.82, 2.24) is 0 Å². The van der Waals surface area contributed by atoms with Gasteiger partial charge in [0.25, 0.3) is 0 Å². The minimum Gasteiger partial charge on any atom is -0.426 e. The van der Waals surface area contributed by atoms with E-state index in [1.54, 1.807) is 12.1 Å². The zero-order chi connectivity index (χ0) is 32.6. The molecule has 1 heterocycles. The van der Waals surface area contributed by atoms with Gasteiger partial charge >= 0.3 is 11.9 Å². The highest BCUT2D eigenvalue weighted by Gasteiger charge is 2.41. The first-order chi connectivity index (χ1) is 21.1. The van der Waals surface area contributed by atoms with Crippen molar-refractivity contribution in [3.63, 3.8) is 0 Å². The number of allylic oxidation sites excluding steroid dienone is 1. The van der Waals surface area contributed by atoms with Crippen LogP contribution in [0.2, 0.25) is 0 Å². The smallest absolute Gasteiger partial charge is 0.314 e. The van der Waals surface area contributed by atoms with Crippen molar-refractivity contribution < 1.29 is 35.9 Å². The maximum absolute atomic E-state index is 13.3. The van der Waals surface area contributed by atoms with Crippen LogP contribution in [0.1, 0.15) is 76.3 Å². The first-order valence-corrected chi connectivity index (χ1v) is 19.4. The standard InChI is InChI=1S/C34H41NO8S2/c1-34(2)29(21-10-22-8-6-5-7-9-22)35-31-28(43-33(37)24-13-17-26(18-14-24)45(4,40)41)20-19-27(30(31)34)42-32(36)23-11-15-25(16-12-23)44(3,38)39/h5-10,19-21,23-26H,11-18H2,1-4H3/b21-10+. The summed E-state index contributed by atoms with van der Waals surface area (Å²) in [6, 6.07) is 13.0. The third-order valence-electron chi connectivity index (χ3n) is 9.48. The Morgan fingerprint density at radius 2 is 1.18 bits per heavy atom.